The fraction of sp³-hybridized carbons (Fsp3) is 1.00. The molecule has 0 aromatic rings. The lowest BCUT2D eigenvalue weighted by molar-refractivity contribution is 0.106. The Morgan fingerprint density at radius 2 is 1.43 bits per heavy atom. The molecule has 0 radical (unpaired) electrons. The minimum Gasteiger partial charge on any atom is -0.326 e. The SMILES string of the molecule is CCCCCCCC(C)(CCCCCC)N1CCC(N)C1. The summed E-state index contributed by atoms with van der Waals surface area (Å²) in [5.41, 5.74) is 6.56. The van der Waals surface area contributed by atoms with Crippen molar-refractivity contribution in [2.24, 2.45) is 5.73 Å². The minimum atomic E-state index is 0.411. The van der Waals surface area contributed by atoms with E-state index in [2.05, 4.69) is 25.7 Å². The molecule has 1 aliphatic rings. The Balaban J connectivity index is 2.40. The highest BCUT2D eigenvalue weighted by atomic mass is 15.2. The first-order chi connectivity index (χ1) is 10.1. The molecule has 0 saturated carbocycles. The monoisotopic (exact) mass is 296 g/mol. The molecule has 21 heavy (non-hydrogen) atoms. The molecule has 2 N–H and O–H groups in total. The van der Waals surface area contributed by atoms with E-state index in [1.54, 1.807) is 0 Å². The summed E-state index contributed by atoms with van der Waals surface area (Å²) in [5, 5.41) is 0. The van der Waals surface area contributed by atoms with Crippen LogP contribution < -0.4 is 5.73 Å². The van der Waals surface area contributed by atoms with Crippen molar-refractivity contribution in [1.29, 1.82) is 0 Å². The van der Waals surface area contributed by atoms with Crippen LogP contribution in [0, 0.1) is 0 Å². The average molecular weight is 297 g/mol. The number of likely N-dealkylation sites (tertiary alicyclic amines) is 1. The smallest absolute Gasteiger partial charge is 0.0182 e. The molecule has 0 bridgehead atoms. The molecule has 2 atom stereocenters. The summed E-state index contributed by atoms with van der Waals surface area (Å²) in [6.07, 6.45) is 16.4. The number of nitrogens with zero attached hydrogens (tertiary/aromatic N) is 1. The Morgan fingerprint density at radius 3 is 1.90 bits per heavy atom. The maximum atomic E-state index is 6.15. The van der Waals surface area contributed by atoms with Crippen LogP contribution in [0.4, 0.5) is 0 Å². The fourth-order valence-corrected chi connectivity index (χ4v) is 3.76. The quantitative estimate of drug-likeness (QED) is 0.507. The Labute approximate surface area is 133 Å². The number of unbranched alkanes of at least 4 members (excludes halogenated alkanes) is 7. The summed E-state index contributed by atoms with van der Waals surface area (Å²) in [6, 6.07) is 0.417. The van der Waals surface area contributed by atoms with Gasteiger partial charge < -0.3 is 5.73 Å². The molecule has 0 aromatic carbocycles. The van der Waals surface area contributed by atoms with E-state index in [-0.39, 0.29) is 0 Å². The summed E-state index contributed by atoms with van der Waals surface area (Å²) < 4.78 is 0. The number of hydrogen-bond acceptors (Lipinski definition) is 2. The van der Waals surface area contributed by atoms with Gasteiger partial charge in [0, 0.05) is 24.7 Å². The third-order valence-corrected chi connectivity index (χ3v) is 5.38. The second-order valence-electron chi connectivity index (χ2n) is 7.47. The predicted octanol–water partition coefficient (Wildman–Crippen LogP) is 5.11. The molecule has 2 nitrogen and oxygen atoms in total. The van der Waals surface area contributed by atoms with Gasteiger partial charge in [-0.15, -0.1) is 0 Å². The van der Waals surface area contributed by atoms with E-state index < -0.39 is 0 Å². The topological polar surface area (TPSA) is 29.3 Å². The van der Waals surface area contributed by atoms with Crippen LogP contribution in [0.2, 0.25) is 0 Å². The summed E-state index contributed by atoms with van der Waals surface area (Å²) >= 11 is 0. The standard InChI is InChI=1S/C19H40N2/c1-4-6-8-10-12-15-19(3,14-11-9-7-5-2)21-16-13-18(20)17-21/h18H,4-17,20H2,1-3H3. The minimum absolute atomic E-state index is 0.411. The van der Waals surface area contributed by atoms with Crippen LogP contribution in [0.25, 0.3) is 0 Å². The Morgan fingerprint density at radius 1 is 0.905 bits per heavy atom. The maximum absolute atomic E-state index is 6.15. The van der Waals surface area contributed by atoms with E-state index in [1.807, 2.05) is 0 Å². The van der Waals surface area contributed by atoms with E-state index in [0.29, 0.717) is 11.6 Å². The average Bonchev–Trinajstić information content (AvgIpc) is 2.91. The third kappa shape index (κ3) is 7.15. The molecule has 1 saturated heterocycles. The highest BCUT2D eigenvalue weighted by molar-refractivity contribution is 4.92. The molecule has 1 aliphatic heterocycles. The lowest BCUT2D eigenvalue weighted by Crippen LogP contribution is -2.46. The second-order valence-corrected chi connectivity index (χ2v) is 7.47. The zero-order valence-corrected chi connectivity index (χ0v) is 15.0. The molecule has 1 fully saturated rings. The molecular formula is C19H40N2. The van der Waals surface area contributed by atoms with Crippen LogP contribution in [0.5, 0.6) is 0 Å². The van der Waals surface area contributed by atoms with Gasteiger partial charge in [-0.2, -0.15) is 0 Å². The van der Waals surface area contributed by atoms with Gasteiger partial charge in [0.2, 0.25) is 0 Å². The van der Waals surface area contributed by atoms with Crippen LogP contribution in [0.15, 0.2) is 0 Å². The largest absolute Gasteiger partial charge is 0.326 e. The van der Waals surface area contributed by atoms with Crippen LogP contribution in [0.3, 0.4) is 0 Å². The van der Waals surface area contributed by atoms with E-state index in [1.165, 1.54) is 83.6 Å². The third-order valence-electron chi connectivity index (χ3n) is 5.38. The van der Waals surface area contributed by atoms with Gasteiger partial charge in [-0.1, -0.05) is 71.6 Å². The van der Waals surface area contributed by atoms with Crippen LogP contribution >= 0.6 is 0 Å². The second kappa shape index (κ2) is 10.6. The van der Waals surface area contributed by atoms with Crippen molar-refractivity contribution < 1.29 is 0 Å². The summed E-state index contributed by atoms with van der Waals surface area (Å²) in [6.45, 7) is 9.45. The van der Waals surface area contributed by atoms with Crippen LogP contribution in [-0.4, -0.2) is 29.6 Å². The van der Waals surface area contributed by atoms with Crippen molar-refractivity contribution in [2.75, 3.05) is 13.1 Å². The number of nitrogens with two attached hydrogens (primary N) is 1. The summed E-state index contributed by atoms with van der Waals surface area (Å²) in [4.78, 5) is 2.71. The zero-order chi connectivity index (χ0) is 15.6. The predicted molar refractivity (Wildman–Crippen MR) is 94.7 cm³/mol. The van der Waals surface area contributed by atoms with Gasteiger partial charge in [0.25, 0.3) is 0 Å². The van der Waals surface area contributed by atoms with Crippen molar-refractivity contribution in [3.63, 3.8) is 0 Å². The Bertz CT molecular complexity index is 254. The van der Waals surface area contributed by atoms with Crippen LogP contribution in [-0.2, 0) is 0 Å². The van der Waals surface area contributed by atoms with Gasteiger partial charge in [0.05, 0.1) is 0 Å². The Kier molecular flexibility index (Phi) is 9.59. The molecule has 1 heterocycles. The highest BCUT2D eigenvalue weighted by Crippen LogP contribution is 2.31. The van der Waals surface area contributed by atoms with E-state index in [9.17, 15) is 0 Å². The van der Waals surface area contributed by atoms with Gasteiger partial charge in [-0.3, -0.25) is 4.90 Å². The van der Waals surface area contributed by atoms with Crippen molar-refractivity contribution in [3.05, 3.63) is 0 Å². The van der Waals surface area contributed by atoms with Gasteiger partial charge in [-0.25, -0.2) is 0 Å². The molecule has 0 aliphatic carbocycles. The zero-order valence-electron chi connectivity index (χ0n) is 15.0. The molecule has 2 unspecified atom stereocenters. The first kappa shape index (κ1) is 19.0. The van der Waals surface area contributed by atoms with Crippen molar-refractivity contribution in [1.82, 2.24) is 4.90 Å². The van der Waals surface area contributed by atoms with Crippen molar-refractivity contribution >= 4 is 0 Å². The molecule has 0 amide bonds. The fourth-order valence-electron chi connectivity index (χ4n) is 3.76. The normalized spacial score (nSPS) is 22.6. The lowest BCUT2D eigenvalue weighted by Gasteiger charge is -2.39. The van der Waals surface area contributed by atoms with Gasteiger partial charge in [-0.05, 0) is 26.2 Å². The van der Waals surface area contributed by atoms with E-state index in [0.717, 1.165) is 6.54 Å². The number of rotatable bonds is 12. The molecule has 2 heteroatoms. The van der Waals surface area contributed by atoms with Crippen molar-refractivity contribution in [3.8, 4) is 0 Å². The molecule has 126 valence electrons. The highest BCUT2D eigenvalue weighted by Gasteiger charge is 2.34. The molecule has 0 aromatic heterocycles. The first-order valence-electron chi connectivity index (χ1n) is 9.63. The van der Waals surface area contributed by atoms with Gasteiger partial charge in [0.1, 0.15) is 0 Å². The van der Waals surface area contributed by atoms with Gasteiger partial charge in [0.15, 0.2) is 0 Å². The molecular weight excluding hydrogens is 256 g/mol. The van der Waals surface area contributed by atoms with Gasteiger partial charge >= 0.3 is 0 Å². The Hall–Kier alpha value is -0.0800. The van der Waals surface area contributed by atoms with Crippen molar-refractivity contribution in [2.45, 2.75) is 109 Å². The first-order valence-corrected chi connectivity index (χ1v) is 9.63. The lowest BCUT2D eigenvalue weighted by atomic mass is 9.86. The molecule has 1 rings (SSSR count). The molecule has 0 spiro atoms. The van der Waals surface area contributed by atoms with Crippen LogP contribution in [0.1, 0.15) is 97.8 Å². The van der Waals surface area contributed by atoms with E-state index >= 15 is 0 Å². The van der Waals surface area contributed by atoms with E-state index in [4.69, 9.17) is 5.73 Å². The number of hydrogen-bond donors (Lipinski definition) is 1. The summed E-state index contributed by atoms with van der Waals surface area (Å²) in [5.74, 6) is 0. The maximum Gasteiger partial charge on any atom is 0.0182 e. The summed E-state index contributed by atoms with van der Waals surface area (Å²) in [7, 11) is 0.